The number of aromatic nitrogens is 2. The first kappa shape index (κ1) is 21.1. The van der Waals surface area contributed by atoms with E-state index in [1.165, 1.54) is 32.1 Å². The molecule has 2 N–H and O–H groups in total. The first-order valence-corrected chi connectivity index (χ1v) is 11.6. The van der Waals surface area contributed by atoms with Crippen molar-refractivity contribution in [1.82, 2.24) is 15.3 Å². The molecule has 3 heterocycles. The highest BCUT2D eigenvalue weighted by Gasteiger charge is 2.23. The van der Waals surface area contributed by atoms with Crippen LogP contribution in [-0.2, 0) is 6.54 Å². The monoisotopic (exact) mass is 444 g/mol. The molecule has 0 amide bonds. The van der Waals surface area contributed by atoms with E-state index in [0.29, 0.717) is 23.6 Å². The Morgan fingerprint density at radius 2 is 1.77 bits per heavy atom. The molecule has 2 aliphatic rings. The molecule has 1 atom stereocenters. The molecule has 1 aromatic carbocycles. The number of halogens is 1. The van der Waals surface area contributed by atoms with Crippen LogP contribution in [0.5, 0.6) is 0 Å². The minimum absolute atomic E-state index is 0.489. The molecule has 0 aliphatic carbocycles. The number of piperidine rings is 1. The fourth-order valence-corrected chi connectivity index (χ4v) is 4.39. The lowest BCUT2D eigenvalue weighted by Crippen LogP contribution is -2.38. The molecule has 0 radical (unpaired) electrons. The van der Waals surface area contributed by atoms with E-state index in [2.05, 4.69) is 33.4 Å². The van der Waals surface area contributed by atoms with Gasteiger partial charge in [-0.15, -0.1) is 0 Å². The third-order valence-corrected chi connectivity index (χ3v) is 6.32. The Kier molecular flexibility index (Phi) is 6.89. The van der Waals surface area contributed by atoms with Crippen LogP contribution in [0.1, 0.15) is 44.6 Å². The molecule has 2 aliphatic heterocycles. The largest absolute Gasteiger partial charge is 0.358 e. The number of nitrogens with one attached hydrogen (secondary N) is 2. The molecule has 1 aromatic heterocycles. The third-order valence-electron chi connectivity index (χ3n) is 5.82. The summed E-state index contributed by atoms with van der Waals surface area (Å²) in [5.41, 5.74) is 1.11. The average Bonchev–Trinajstić information content (AvgIpc) is 3.28. The van der Waals surface area contributed by atoms with E-state index in [9.17, 15) is 0 Å². The number of hydrogen-bond acceptors (Lipinski definition) is 5. The molecule has 0 bridgehead atoms. The molecule has 0 saturated carbocycles. The zero-order valence-corrected chi connectivity index (χ0v) is 19.0. The summed E-state index contributed by atoms with van der Waals surface area (Å²) in [6.45, 7) is 6.03. The molecular formula is C22H29ClN6S. The second-order valence-corrected chi connectivity index (χ2v) is 8.92. The normalized spacial score (nSPS) is 19.1. The van der Waals surface area contributed by atoms with E-state index in [1.54, 1.807) is 0 Å². The number of anilines is 3. The fourth-order valence-electron chi connectivity index (χ4n) is 4.10. The lowest BCUT2D eigenvalue weighted by Gasteiger charge is -2.35. The van der Waals surface area contributed by atoms with Crippen LogP contribution in [-0.4, -0.2) is 40.8 Å². The van der Waals surface area contributed by atoms with Gasteiger partial charge in [0.1, 0.15) is 11.6 Å². The summed E-state index contributed by atoms with van der Waals surface area (Å²) in [7, 11) is 0. The number of nitrogens with zero attached hydrogens (tertiary/aromatic N) is 4. The number of benzene rings is 1. The van der Waals surface area contributed by atoms with Gasteiger partial charge in [0.05, 0.1) is 0 Å². The highest BCUT2D eigenvalue weighted by Crippen LogP contribution is 2.28. The van der Waals surface area contributed by atoms with Gasteiger partial charge in [0.25, 0.3) is 0 Å². The molecule has 160 valence electrons. The van der Waals surface area contributed by atoms with Crippen LogP contribution in [0.3, 0.4) is 0 Å². The van der Waals surface area contributed by atoms with Crippen LogP contribution in [0.15, 0.2) is 30.3 Å². The molecule has 1 unspecified atom stereocenters. The maximum Gasteiger partial charge on any atom is 0.232 e. The number of hydrogen-bond donors (Lipinski definition) is 2. The lowest BCUT2D eigenvalue weighted by molar-refractivity contribution is 0.481. The molecule has 8 heteroatoms. The summed E-state index contributed by atoms with van der Waals surface area (Å²) in [5.74, 6) is 2.53. The van der Waals surface area contributed by atoms with Gasteiger partial charge in [-0.2, -0.15) is 9.97 Å². The Morgan fingerprint density at radius 3 is 2.50 bits per heavy atom. The van der Waals surface area contributed by atoms with Gasteiger partial charge in [0.2, 0.25) is 5.95 Å². The van der Waals surface area contributed by atoms with Crippen LogP contribution in [0.2, 0.25) is 5.02 Å². The maximum atomic E-state index is 5.96. The van der Waals surface area contributed by atoms with Crippen LogP contribution in [0.25, 0.3) is 0 Å². The van der Waals surface area contributed by atoms with Crippen molar-refractivity contribution in [2.45, 2.75) is 51.6 Å². The van der Waals surface area contributed by atoms with Gasteiger partial charge in [-0.25, -0.2) is 0 Å². The molecule has 2 aromatic rings. The van der Waals surface area contributed by atoms with Gasteiger partial charge in [0.15, 0.2) is 5.11 Å². The standard InChI is InChI=1S/C22H29ClN6S/c1-16-6-2-3-13-29(16)20-14-19(28-11-4-5-12-28)25-21(26-20)27-22(30)24-15-17-7-9-18(23)10-8-17/h7-10,14,16H,2-6,11-13,15H2,1H3,(H2,24,25,26,27,30). The Bertz CT molecular complexity index is 868. The average molecular weight is 445 g/mol. The molecule has 2 saturated heterocycles. The first-order valence-electron chi connectivity index (χ1n) is 10.8. The smallest absolute Gasteiger partial charge is 0.232 e. The van der Waals surface area contributed by atoms with Crippen LogP contribution >= 0.6 is 23.8 Å². The van der Waals surface area contributed by atoms with E-state index in [4.69, 9.17) is 33.8 Å². The van der Waals surface area contributed by atoms with Crippen molar-refractivity contribution in [2.24, 2.45) is 0 Å². The quantitative estimate of drug-likeness (QED) is 0.653. The van der Waals surface area contributed by atoms with Crippen molar-refractivity contribution in [1.29, 1.82) is 0 Å². The molecule has 30 heavy (non-hydrogen) atoms. The van der Waals surface area contributed by atoms with Gasteiger partial charge >= 0.3 is 0 Å². The first-order chi connectivity index (χ1) is 14.6. The highest BCUT2D eigenvalue weighted by molar-refractivity contribution is 7.80. The van der Waals surface area contributed by atoms with Crippen molar-refractivity contribution >= 4 is 46.5 Å². The third kappa shape index (κ3) is 5.32. The molecule has 2 fully saturated rings. The highest BCUT2D eigenvalue weighted by atomic mass is 35.5. The lowest BCUT2D eigenvalue weighted by atomic mass is 10.0. The van der Waals surface area contributed by atoms with Gasteiger partial charge < -0.3 is 20.4 Å². The SMILES string of the molecule is CC1CCCCN1c1cc(N2CCCC2)nc(NC(=S)NCc2ccc(Cl)cc2)n1. The summed E-state index contributed by atoms with van der Waals surface area (Å²) in [6, 6.07) is 10.4. The van der Waals surface area contributed by atoms with Crippen LogP contribution < -0.4 is 20.4 Å². The topological polar surface area (TPSA) is 56.3 Å². The summed E-state index contributed by atoms with van der Waals surface area (Å²) >= 11 is 11.5. The minimum atomic E-state index is 0.489. The zero-order valence-electron chi connectivity index (χ0n) is 17.4. The fraction of sp³-hybridized carbons (Fsp3) is 0.500. The molecular weight excluding hydrogens is 416 g/mol. The van der Waals surface area contributed by atoms with Crippen LogP contribution in [0.4, 0.5) is 17.6 Å². The second-order valence-electron chi connectivity index (χ2n) is 8.07. The van der Waals surface area contributed by atoms with Gasteiger partial charge in [-0.05, 0) is 68.9 Å². The number of rotatable bonds is 5. The Labute approximate surface area is 189 Å². The van der Waals surface area contributed by atoms with E-state index < -0.39 is 0 Å². The van der Waals surface area contributed by atoms with Crippen LogP contribution in [0, 0.1) is 0 Å². The van der Waals surface area contributed by atoms with E-state index >= 15 is 0 Å². The maximum absolute atomic E-state index is 5.96. The van der Waals surface area contributed by atoms with Crippen molar-refractivity contribution in [2.75, 3.05) is 34.8 Å². The van der Waals surface area contributed by atoms with E-state index in [0.717, 1.165) is 41.9 Å². The summed E-state index contributed by atoms with van der Waals surface area (Å²) in [5, 5.41) is 7.68. The van der Waals surface area contributed by atoms with E-state index in [1.807, 2.05) is 24.3 Å². The summed E-state index contributed by atoms with van der Waals surface area (Å²) in [6.07, 6.45) is 6.11. The Morgan fingerprint density at radius 1 is 1.07 bits per heavy atom. The minimum Gasteiger partial charge on any atom is -0.358 e. The van der Waals surface area contributed by atoms with Crippen molar-refractivity contribution in [3.05, 3.63) is 40.9 Å². The Balaban J connectivity index is 1.49. The van der Waals surface area contributed by atoms with Gasteiger partial charge in [-0.1, -0.05) is 23.7 Å². The van der Waals surface area contributed by atoms with E-state index in [-0.39, 0.29) is 0 Å². The van der Waals surface area contributed by atoms with Gasteiger partial charge in [-0.3, -0.25) is 0 Å². The molecule has 0 spiro atoms. The van der Waals surface area contributed by atoms with Crippen molar-refractivity contribution in [3.8, 4) is 0 Å². The predicted molar refractivity (Wildman–Crippen MR) is 129 cm³/mol. The van der Waals surface area contributed by atoms with Gasteiger partial charge in [0, 0.05) is 43.3 Å². The summed E-state index contributed by atoms with van der Waals surface area (Å²) < 4.78 is 0. The predicted octanol–water partition coefficient (Wildman–Crippen LogP) is 4.60. The number of thiocarbonyl (C=S) groups is 1. The molecule has 4 rings (SSSR count). The summed E-state index contributed by atoms with van der Waals surface area (Å²) in [4.78, 5) is 14.3. The molecule has 6 nitrogen and oxygen atoms in total. The Hall–Kier alpha value is -2.12. The zero-order chi connectivity index (χ0) is 20.9. The second kappa shape index (κ2) is 9.79. The van der Waals surface area contributed by atoms with Crippen molar-refractivity contribution in [3.63, 3.8) is 0 Å². The van der Waals surface area contributed by atoms with Crippen molar-refractivity contribution < 1.29 is 0 Å².